The lowest BCUT2D eigenvalue weighted by molar-refractivity contribution is 0.0989. The lowest BCUT2D eigenvalue weighted by Gasteiger charge is -2.37. The third-order valence-corrected chi connectivity index (χ3v) is 5.18. The number of hydrogen-bond acceptors (Lipinski definition) is 7. The molecule has 1 saturated carbocycles. The Labute approximate surface area is 165 Å². The Balaban J connectivity index is 2.00. The van der Waals surface area contributed by atoms with E-state index in [1.54, 1.807) is 30.4 Å². The zero-order chi connectivity index (χ0) is 20.7. The van der Waals surface area contributed by atoms with Gasteiger partial charge in [0.1, 0.15) is 5.56 Å². The SMILES string of the molecule is Cn1cc(N(c2nn3cccnc3c2C(N)=O)C2CCCCC2O)c(C(N)=O)n1. The number of rotatable bonds is 5. The Bertz CT molecular complexity index is 1090. The Morgan fingerprint density at radius 3 is 2.66 bits per heavy atom. The zero-order valence-electron chi connectivity index (χ0n) is 15.9. The van der Waals surface area contributed by atoms with E-state index in [-0.39, 0.29) is 22.7 Å². The number of nitrogens with two attached hydrogens (primary N) is 2. The van der Waals surface area contributed by atoms with Crippen LogP contribution in [0.5, 0.6) is 0 Å². The molecule has 1 fully saturated rings. The van der Waals surface area contributed by atoms with E-state index in [9.17, 15) is 14.7 Å². The van der Waals surface area contributed by atoms with Gasteiger partial charge in [-0.2, -0.15) is 5.10 Å². The second kappa shape index (κ2) is 7.17. The average Bonchev–Trinajstić information content (AvgIpc) is 3.24. The summed E-state index contributed by atoms with van der Waals surface area (Å²) >= 11 is 0. The van der Waals surface area contributed by atoms with Crippen molar-refractivity contribution in [3.05, 3.63) is 35.9 Å². The highest BCUT2D eigenvalue weighted by Gasteiger charge is 2.37. The summed E-state index contributed by atoms with van der Waals surface area (Å²) in [4.78, 5) is 30.3. The van der Waals surface area contributed by atoms with E-state index in [2.05, 4.69) is 15.2 Å². The molecule has 4 rings (SSSR count). The van der Waals surface area contributed by atoms with Gasteiger partial charge in [0.25, 0.3) is 11.8 Å². The number of primary amides is 2. The van der Waals surface area contributed by atoms with Crippen LogP contribution in [-0.2, 0) is 7.05 Å². The van der Waals surface area contributed by atoms with Gasteiger partial charge in [-0.25, -0.2) is 9.50 Å². The van der Waals surface area contributed by atoms with Gasteiger partial charge in [0.2, 0.25) is 0 Å². The molecule has 3 heterocycles. The van der Waals surface area contributed by atoms with Crippen molar-refractivity contribution in [3.8, 4) is 0 Å². The molecule has 0 saturated heterocycles. The van der Waals surface area contributed by atoms with Gasteiger partial charge in [0.15, 0.2) is 17.2 Å². The summed E-state index contributed by atoms with van der Waals surface area (Å²) in [6.45, 7) is 0. The number of anilines is 2. The van der Waals surface area contributed by atoms with Crippen LogP contribution in [0.4, 0.5) is 11.5 Å². The monoisotopic (exact) mass is 398 g/mol. The quantitative estimate of drug-likeness (QED) is 0.550. The van der Waals surface area contributed by atoms with Crippen molar-refractivity contribution in [1.82, 2.24) is 24.4 Å². The summed E-state index contributed by atoms with van der Waals surface area (Å²) in [6.07, 6.45) is 7.09. The molecule has 2 amide bonds. The zero-order valence-corrected chi connectivity index (χ0v) is 15.9. The molecule has 2 atom stereocenters. The van der Waals surface area contributed by atoms with E-state index in [0.717, 1.165) is 12.8 Å². The predicted octanol–water partition coefficient (Wildman–Crippen LogP) is 0.102. The Morgan fingerprint density at radius 1 is 1.21 bits per heavy atom. The topological polar surface area (TPSA) is 158 Å². The molecule has 3 aromatic rings. The molecule has 2 unspecified atom stereocenters. The molecule has 1 aliphatic carbocycles. The largest absolute Gasteiger partial charge is 0.391 e. The van der Waals surface area contributed by atoms with Crippen molar-refractivity contribution < 1.29 is 14.7 Å². The van der Waals surface area contributed by atoms with Crippen LogP contribution >= 0.6 is 0 Å². The first-order valence-corrected chi connectivity index (χ1v) is 9.32. The molecular formula is C18H22N8O3. The highest BCUT2D eigenvalue weighted by atomic mass is 16.3. The smallest absolute Gasteiger partial charge is 0.271 e. The molecule has 11 nitrogen and oxygen atoms in total. The van der Waals surface area contributed by atoms with E-state index in [0.29, 0.717) is 18.5 Å². The fraction of sp³-hybridized carbons (Fsp3) is 0.389. The number of aliphatic hydroxyl groups is 1. The Kier molecular flexibility index (Phi) is 4.66. The van der Waals surface area contributed by atoms with Gasteiger partial charge in [-0.15, -0.1) is 5.10 Å². The van der Waals surface area contributed by atoms with Gasteiger partial charge in [-0.3, -0.25) is 14.3 Å². The minimum Gasteiger partial charge on any atom is -0.391 e. The summed E-state index contributed by atoms with van der Waals surface area (Å²) < 4.78 is 2.90. The fourth-order valence-corrected chi connectivity index (χ4v) is 3.93. The van der Waals surface area contributed by atoms with Crippen molar-refractivity contribution in [2.75, 3.05) is 4.90 Å². The number of hydrogen-bond donors (Lipinski definition) is 3. The van der Waals surface area contributed by atoms with Gasteiger partial charge in [-0.1, -0.05) is 12.8 Å². The lowest BCUT2D eigenvalue weighted by atomic mass is 9.90. The van der Waals surface area contributed by atoms with Gasteiger partial charge in [0.05, 0.1) is 17.8 Å². The maximum absolute atomic E-state index is 12.3. The number of carbonyl (C=O) groups excluding carboxylic acids is 2. The minimum absolute atomic E-state index is 0.0192. The number of nitrogens with zero attached hydrogens (tertiary/aromatic N) is 6. The summed E-state index contributed by atoms with van der Waals surface area (Å²) in [5, 5.41) is 19.4. The van der Waals surface area contributed by atoms with Gasteiger partial charge in [0, 0.05) is 25.6 Å². The molecule has 0 radical (unpaired) electrons. The standard InChI is InChI=1S/C18H22N8O3/c1-24-9-11(14(22-24)16(20)29)26(10-5-2-3-6-12(10)27)18-13(15(19)28)17-21-7-4-8-25(17)23-18/h4,7-10,12,27H,2-3,5-6H2,1H3,(H2,19,28)(H2,20,29). The van der Waals surface area contributed by atoms with Crippen molar-refractivity contribution in [3.63, 3.8) is 0 Å². The van der Waals surface area contributed by atoms with E-state index in [1.165, 1.54) is 15.4 Å². The van der Waals surface area contributed by atoms with Crippen molar-refractivity contribution in [2.24, 2.45) is 18.5 Å². The van der Waals surface area contributed by atoms with Crippen LogP contribution in [0.3, 0.4) is 0 Å². The third kappa shape index (κ3) is 3.18. The molecule has 5 N–H and O–H groups in total. The lowest BCUT2D eigenvalue weighted by Crippen LogP contribution is -2.44. The second-order valence-corrected chi connectivity index (χ2v) is 7.14. The molecule has 152 valence electrons. The second-order valence-electron chi connectivity index (χ2n) is 7.14. The maximum atomic E-state index is 12.3. The van der Waals surface area contributed by atoms with Crippen LogP contribution < -0.4 is 16.4 Å². The van der Waals surface area contributed by atoms with Gasteiger partial charge in [-0.05, 0) is 18.9 Å². The van der Waals surface area contributed by atoms with Crippen molar-refractivity contribution >= 4 is 29.0 Å². The van der Waals surface area contributed by atoms with Crippen LogP contribution in [0, 0.1) is 0 Å². The molecule has 1 aliphatic rings. The molecule has 0 aliphatic heterocycles. The van der Waals surface area contributed by atoms with Gasteiger partial charge >= 0.3 is 0 Å². The van der Waals surface area contributed by atoms with Crippen LogP contribution in [-0.4, -0.2) is 53.4 Å². The van der Waals surface area contributed by atoms with E-state index < -0.39 is 24.0 Å². The highest BCUT2D eigenvalue weighted by Crippen LogP contribution is 2.37. The first-order valence-electron chi connectivity index (χ1n) is 9.32. The number of aromatic nitrogens is 5. The molecule has 3 aromatic heterocycles. The number of aryl methyl sites for hydroxylation is 1. The Hall–Kier alpha value is -3.47. The van der Waals surface area contributed by atoms with E-state index in [4.69, 9.17) is 11.5 Å². The van der Waals surface area contributed by atoms with Crippen molar-refractivity contribution in [1.29, 1.82) is 0 Å². The Morgan fingerprint density at radius 2 is 1.97 bits per heavy atom. The average molecular weight is 398 g/mol. The molecule has 0 aromatic carbocycles. The number of amides is 2. The molecule has 29 heavy (non-hydrogen) atoms. The summed E-state index contributed by atoms with van der Waals surface area (Å²) in [7, 11) is 1.66. The van der Waals surface area contributed by atoms with E-state index >= 15 is 0 Å². The number of carbonyl (C=O) groups is 2. The highest BCUT2D eigenvalue weighted by molar-refractivity contribution is 6.05. The third-order valence-electron chi connectivity index (χ3n) is 5.18. The normalized spacial score (nSPS) is 19.4. The van der Waals surface area contributed by atoms with Crippen LogP contribution in [0.2, 0.25) is 0 Å². The first kappa shape index (κ1) is 18.9. The maximum Gasteiger partial charge on any atom is 0.271 e. The van der Waals surface area contributed by atoms with Crippen LogP contribution in [0.15, 0.2) is 24.7 Å². The summed E-state index contributed by atoms with van der Waals surface area (Å²) in [5.41, 5.74) is 12.0. The first-order chi connectivity index (χ1) is 13.9. The van der Waals surface area contributed by atoms with Crippen molar-refractivity contribution in [2.45, 2.75) is 37.8 Å². The molecular weight excluding hydrogens is 376 g/mol. The molecule has 0 bridgehead atoms. The minimum atomic E-state index is -0.724. The molecule has 11 heteroatoms. The van der Waals surface area contributed by atoms with Crippen LogP contribution in [0.25, 0.3) is 5.65 Å². The molecule has 0 spiro atoms. The van der Waals surface area contributed by atoms with Crippen LogP contribution in [0.1, 0.15) is 46.5 Å². The number of aliphatic hydroxyl groups excluding tert-OH is 1. The predicted molar refractivity (Wildman–Crippen MR) is 104 cm³/mol. The fourth-order valence-electron chi connectivity index (χ4n) is 3.93. The number of fused-ring (bicyclic) bond motifs is 1. The summed E-state index contributed by atoms with van der Waals surface area (Å²) in [5.74, 6) is -1.23. The summed E-state index contributed by atoms with van der Waals surface area (Å²) in [6, 6.07) is 1.24. The van der Waals surface area contributed by atoms with E-state index in [1.807, 2.05) is 0 Å². The van der Waals surface area contributed by atoms with Gasteiger partial charge < -0.3 is 21.5 Å².